The smallest absolute Gasteiger partial charge is 0 e. The molecular weight excluding hydrogens is 355 g/mol. The number of rotatable bonds is 0. The third-order valence-electron chi connectivity index (χ3n) is 0. The third kappa shape index (κ3) is 8.83. The van der Waals surface area contributed by atoms with Crippen LogP contribution in [0.2, 0.25) is 0 Å². The SMILES string of the molecule is [S]=[Sb]=[Se].[Sb]. The van der Waals surface area contributed by atoms with Crippen LogP contribution in [0.1, 0.15) is 0 Å². The Hall–Kier alpha value is 2.38. The van der Waals surface area contributed by atoms with Crippen molar-refractivity contribution in [2.75, 3.05) is 0 Å². The monoisotopic (exact) mass is 354 g/mol. The molecule has 0 atom stereocenters. The Morgan fingerprint density at radius 2 is 1.75 bits per heavy atom. The van der Waals surface area contributed by atoms with Crippen LogP contribution in [0, 0.1) is 0 Å². The van der Waals surface area contributed by atoms with Crippen molar-refractivity contribution >= 4 is 62.5 Å². The molecule has 0 aromatic heterocycles. The summed E-state index contributed by atoms with van der Waals surface area (Å²) in [5.74, 6) is 0. The topological polar surface area (TPSA) is 0 Å². The van der Waals surface area contributed by atoms with Crippen molar-refractivity contribution in [3.05, 3.63) is 0 Å². The molecule has 0 aliphatic heterocycles. The molecule has 0 aliphatic rings. The van der Waals surface area contributed by atoms with Gasteiger partial charge in [0.1, 0.15) is 0 Å². The van der Waals surface area contributed by atoms with Crippen LogP contribution in [0.5, 0.6) is 0 Å². The Kier molecular flexibility index (Phi) is 21.7. The summed E-state index contributed by atoms with van der Waals surface area (Å²) in [5.41, 5.74) is 0. The van der Waals surface area contributed by atoms with Gasteiger partial charge >= 0.3 is 38.1 Å². The predicted octanol–water partition coefficient (Wildman–Crippen LogP) is -0.494. The van der Waals surface area contributed by atoms with Crippen molar-refractivity contribution in [1.82, 2.24) is 0 Å². The molecule has 0 unspecified atom stereocenters. The minimum atomic E-state index is -0.192. The first kappa shape index (κ1) is 9.62. The van der Waals surface area contributed by atoms with Gasteiger partial charge in [-0.2, -0.15) is 0 Å². The summed E-state index contributed by atoms with van der Waals surface area (Å²) in [6.45, 7) is 0. The maximum atomic E-state index is 4.49. The summed E-state index contributed by atoms with van der Waals surface area (Å²) in [6.07, 6.45) is 0. The maximum Gasteiger partial charge on any atom is 0 e. The van der Waals surface area contributed by atoms with Crippen molar-refractivity contribution in [3.63, 3.8) is 0 Å². The molecule has 0 spiro atoms. The van der Waals surface area contributed by atoms with Crippen molar-refractivity contribution in [1.29, 1.82) is 0 Å². The molecule has 0 fully saturated rings. The Balaban J connectivity index is 0. The van der Waals surface area contributed by atoms with E-state index in [1.54, 1.807) is 0 Å². The second kappa shape index (κ2) is 9.03. The van der Waals surface area contributed by atoms with Crippen molar-refractivity contribution in [2.24, 2.45) is 0 Å². The molecule has 0 saturated heterocycles. The molecule has 4 radical (unpaired) electrons. The first-order valence-electron chi connectivity index (χ1n) is 0.365. The predicted molar refractivity (Wildman–Crippen MR) is 24.9 cm³/mol. The van der Waals surface area contributed by atoms with Crippen molar-refractivity contribution < 1.29 is 0 Å². The van der Waals surface area contributed by atoms with Gasteiger partial charge < -0.3 is 0 Å². The van der Waals surface area contributed by atoms with Gasteiger partial charge in [0, 0.05) is 24.4 Å². The molecule has 0 aromatic carbocycles. The van der Waals surface area contributed by atoms with Gasteiger partial charge in [-0.3, -0.25) is 0 Å². The second-order valence-corrected chi connectivity index (χ2v) is 7.79. The second-order valence-electron chi connectivity index (χ2n) is 0.0745. The molecule has 0 aliphatic carbocycles. The Labute approximate surface area is 61.4 Å². The van der Waals surface area contributed by atoms with E-state index in [1.807, 2.05) is 0 Å². The fourth-order valence-electron chi connectivity index (χ4n) is 0. The fourth-order valence-corrected chi connectivity index (χ4v) is 0. The maximum absolute atomic E-state index is 4.49. The van der Waals surface area contributed by atoms with E-state index in [4.69, 9.17) is 0 Å². The van der Waals surface area contributed by atoms with Crippen LogP contribution in [0.4, 0.5) is 0 Å². The standard InChI is InChI=1S/S.2Sb.Se. The van der Waals surface area contributed by atoms with Crippen LogP contribution >= 0.6 is 9.19 Å². The minimum Gasteiger partial charge on any atom is 0 e. The van der Waals surface area contributed by atoms with Gasteiger partial charge in [-0.25, -0.2) is 0 Å². The quantitative estimate of drug-likeness (QED) is 0.529. The molecule has 0 amide bonds. The van der Waals surface area contributed by atoms with E-state index >= 15 is 0 Å². The first-order valence-corrected chi connectivity index (χ1v) is 10.0. The summed E-state index contributed by atoms with van der Waals surface area (Å²) in [4.78, 5) is 0. The van der Waals surface area contributed by atoms with Gasteiger partial charge in [0.25, 0.3) is 0 Å². The summed E-state index contributed by atoms with van der Waals surface area (Å²) in [5, 5.41) is 0. The first-order chi connectivity index (χ1) is 1.41. The zero-order chi connectivity index (χ0) is 2.71. The number of hydrogen-bond acceptors (Lipinski definition) is 1. The van der Waals surface area contributed by atoms with E-state index in [1.165, 1.54) is 0 Å². The van der Waals surface area contributed by atoms with Gasteiger partial charge in [-0.05, 0) is 0 Å². The van der Waals surface area contributed by atoms with Crippen molar-refractivity contribution in [2.45, 2.75) is 0 Å². The van der Waals surface area contributed by atoms with E-state index in [0.29, 0.717) is 0 Å². The van der Waals surface area contributed by atoms with E-state index in [9.17, 15) is 0 Å². The third-order valence-corrected chi connectivity index (χ3v) is 0. The van der Waals surface area contributed by atoms with Crippen LogP contribution in [-0.2, 0) is 0 Å². The van der Waals surface area contributed by atoms with Crippen molar-refractivity contribution in [3.8, 4) is 0 Å². The van der Waals surface area contributed by atoms with Gasteiger partial charge in [0.15, 0.2) is 0 Å². The van der Waals surface area contributed by atoms with Gasteiger partial charge in [-0.1, -0.05) is 0 Å². The molecular formula is SSb2Se. The molecule has 0 N–H and O–H groups in total. The molecule has 4 heavy (non-hydrogen) atoms. The summed E-state index contributed by atoms with van der Waals surface area (Å²) >= 11 is 2.58. The zero-order valence-corrected chi connectivity index (χ0v) is 9.35. The van der Waals surface area contributed by atoms with E-state index in [2.05, 4.69) is 21.3 Å². The van der Waals surface area contributed by atoms with Crippen LogP contribution < -0.4 is 0 Å². The summed E-state index contributed by atoms with van der Waals surface area (Å²) in [6, 6.07) is 0. The largest absolute Gasteiger partial charge is 0 e. The van der Waals surface area contributed by atoms with Crippen LogP contribution in [-0.4, -0.2) is 53.3 Å². The van der Waals surface area contributed by atoms with Gasteiger partial charge in [-0.15, -0.1) is 0 Å². The zero-order valence-electron chi connectivity index (χ0n) is 1.71. The molecule has 4 heteroatoms. The Morgan fingerprint density at radius 3 is 1.75 bits per heavy atom. The minimum absolute atomic E-state index is 0. The fraction of sp³-hybridized carbons (Fsp3) is 0. The number of hydrogen-bond donors (Lipinski definition) is 0. The van der Waals surface area contributed by atoms with Gasteiger partial charge in [0.05, 0.1) is 0 Å². The summed E-state index contributed by atoms with van der Waals surface area (Å²) < 4.78 is 0. The molecule has 0 rings (SSSR count). The van der Waals surface area contributed by atoms with Crippen LogP contribution in [0.15, 0.2) is 0 Å². The van der Waals surface area contributed by atoms with E-state index < -0.39 is 0 Å². The van der Waals surface area contributed by atoms with Gasteiger partial charge in [0.2, 0.25) is 0 Å². The average molecular weight is 355 g/mol. The summed E-state index contributed by atoms with van der Waals surface area (Å²) in [7, 11) is 4.49. The Bertz CT molecular complexity index is 27.0. The Morgan fingerprint density at radius 1 is 1.75 bits per heavy atom. The molecule has 0 saturated carbocycles. The molecule has 0 nitrogen and oxygen atoms in total. The molecule has 0 heterocycles. The normalized spacial score (nSPS) is 2.00. The van der Waals surface area contributed by atoms with E-state index in [0.717, 1.165) is 0 Å². The van der Waals surface area contributed by atoms with Crippen LogP contribution in [0.25, 0.3) is 0 Å². The molecule has 0 bridgehead atoms. The molecule has 0 aromatic rings. The van der Waals surface area contributed by atoms with Crippen LogP contribution in [0.3, 0.4) is 0 Å². The molecule has 22 valence electrons. The van der Waals surface area contributed by atoms with E-state index in [-0.39, 0.29) is 41.2 Å². The average Bonchev–Trinajstić information content (AvgIpc) is 0.918.